The third-order valence-corrected chi connectivity index (χ3v) is 3.65. The smallest absolute Gasteiger partial charge is 0.126 e. The van der Waals surface area contributed by atoms with E-state index < -0.39 is 0 Å². The van der Waals surface area contributed by atoms with Crippen molar-refractivity contribution in [3.8, 4) is 0 Å². The molecular weight excluding hydrogens is 237 g/mol. The van der Waals surface area contributed by atoms with Gasteiger partial charge in [0.15, 0.2) is 0 Å². The molecule has 1 saturated carbocycles. The number of hydrogen-bond acceptors (Lipinski definition) is 1. The zero-order valence-electron chi connectivity index (χ0n) is 10.4. The predicted molar refractivity (Wildman–Crippen MR) is 69.9 cm³/mol. The summed E-state index contributed by atoms with van der Waals surface area (Å²) in [6, 6.07) is 5.30. The van der Waals surface area contributed by atoms with Gasteiger partial charge in [-0.05, 0) is 48.4 Å². The summed E-state index contributed by atoms with van der Waals surface area (Å²) in [5, 5.41) is 4.07. The Hall–Kier alpha value is -0.600. The van der Waals surface area contributed by atoms with Gasteiger partial charge in [0, 0.05) is 17.6 Å². The van der Waals surface area contributed by atoms with Gasteiger partial charge >= 0.3 is 0 Å². The highest BCUT2D eigenvalue weighted by atomic mass is 35.5. The molecule has 0 unspecified atom stereocenters. The van der Waals surface area contributed by atoms with Gasteiger partial charge in [0.2, 0.25) is 0 Å². The molecule has 0 radical (unpaired) electrons. The summed E-state index contributed by atoms with van der Waals surface area (Å²) in [4.78, 5) is 0. The highest BCUT2D eigenvalue weighted by Crippen LogP contribution is 2.48. The lowest BCUT2D eigenvalue weighted by Crippen LogP contribution is -2.31. The average molecular weight is 256 g/mol. The Balaban J connectivity index is 2.02. The molecule has 1 N–H and O–H groups in total. The summed E-state index contributed by atoms with van der Waals surface area (Å²) < 4.78 is 13.6. The SMILES string of the molecule is CC(C)NCC1(Cc2cc(Cl)ccc2F)CC1. The second-order valence-corrected chi connectivity index (χ2v) is 5.88. The molecule has 1 nitrogen and oxygen atoms in total. The van der Waals surface area contributed by atoms with Gasteiger partial charge in [-0.3, -0.25) is 0 Å². The van der Waals surface area contributed by atoms with Crippen molar-refractivity contribution in [1.82, 2.24) is 5.32 Å². The van der Waals surface area contributed by atoms with Crippen LogP contribution in [0.2, 0.25) is 5.02 Å². The van der Waals surface area contributed by atoms with Gasteiger partial charge in [0.05, 0.1) is 0 Å². The van der Waals surface area contributed by atoms with E-state index in [1.807, 2.05) is 0 Å². The van der Waals surface area contributed by atoms with E-state index >= 15 is 0 Å². The van der Waals surface area contributed by atoms with E-state index in [2.05, 4.69) is 19.2 Å². The number of rotatable bonds is 5. The molecule has 1 aromatic rings. The molecule has 0 heterocycles. The fourth-order valence-electron chi connectivity index (χ4n) is 2.10. The second-order valence-electron chi connectivity index (χ2n) is 5.45. The Morgan fingerprint density at radius 1 is 1.41 bits per heavy atom. The summed E-state index contributed by atoms with van der Waals surface area (Å²) in [7, 11) is 0. The molecule has 17 heavy (non-hydrogen) atoms. The van der Waals surface area contributed by atoms with E-state index in [-0.39, 0.29) is 11.2 Å². The van der Waals surface area contributed by atoms with Crippen molar-refractivity contribution >= 4 is 11.6 Å². The Kier molecular flexibility index (Phi) is 3.74. The molecule has 1 aromatic carbocycles. The van der Waals surface area contributed by atoms with Crippen LogP contribution in [0.1, 0.15) is 32.3 Å². The molecular formula is C14H19ClFN. The second kappa shape index (κ2) is 4.95. The van der Waals surface area contributed by atoms with E-state index in [9.17, 15) is 4.39 Å². The van der Waals surface area contributed by atoms with Crippen molar-refractivity contribution in [3.05, 3.63) is 34.6 Å². The van der Waals surface area contributed by atoms with Crippen LogP contribution in [0.5, 0.6) is 0 Å². The van der Waals surface area contributed by atoms with Crippen LogP contribution >= 0.6 is 11.6 Å². The molecule has 3 heteroatoms. The molecule has 0 atom stereocenters. The first-order chi connectivity index (χ1) is 8.01. The Labute approximate surface area is 107 Å². The van der Waals surface area contributed by atoms with Gasteiger partial charge in [-0.2, -0.15) is 0 Å². The van der Waals surface area contributed by atoms with Crippen LogP contribution in [0, 0.1) is 11.2 Å². The molecule has 0 saturated heterocycles. The lowest BCUT2D eigenvalue weighted by Gasteiger charge is -2.18. The van der Waals surface area contributed by atoms with Crippen molar-refractivity contribution in [2.24, 2.45) is 5.41 Å². The molecule has 0 aliphatic heterocycles. The fourth-order valence-corrected chi connectivity index (χ4v) is 2.29. The third-order valence-electron chi connectivity index (χ3n) is 3.42. The zero-order chi connectivity index (χ0) is 12.5. The summed E-state index contributed by atoms with van der Waals surface area (Å²) in [5.74, 6) is -0.134. The van der Waals surface area contributed by atoms with Crippen molar-refractivity contribution in [3.63, 3.8) is 0 Å². The standard InChI is InChI=1S/C14H19ClFN/c1-10(2)17-9-14(5-6-14)8-11-7-12(15)3-4-13(11)16/h3-4,7,10,17H,5-6,8-9H2,1-2H3. The van der Waals surface area contributed by atoms with E-state index in [0.717, 1.165) is 18.5 Å². The van der Waals surface area contributed by atoms with Crippen molar-refractivity contribution < 1.29 is 4.39 Å². The van der Waals surface area contributed by atoms with Crippen LogP contribution < -0.4 is 5.32 Å². The minimum Gasteiger partial charge on any atom is -0.314 e. The Morgan fingerprint density at radius 2 is 2.12 bits per heavy atom. The summed E-state index contributed by atoms with van der Waals surface area (Å²) in [6.45, 7) is 5.24. The van der Waals surface area contributed by atoms with E-state index in [1.54, 1.807) is 12.1 Å². The topological polar surface area (TPSA) is 12.0 Å². The number of hydrogen-bond donors (Lipinski definition) is 1. The summed E-state index contributed by atoms with van der Waals surface area (Å²) in [5.41, 5.74) is 1.01. The van der Waals surface area contributed by atoms with Crippen LogP contribution in [0.15, 0.2) is 18.2 Å². The zero-order valence-corrected chi connectivity index (χ0v) is 11.1. The Morgan fingerprint density at radius 3 is 2.71 bits per heavy atom. The van der Waals surface area contributed by atoms with Crippen LogP contribution in [-0.4, -0.2) is 12.6 Å². The average Bonchev–Trinajstić information content (AvgIpc) is 3.02. The van der Waals surface area contributed by atoms with Gasteiger partial charge in [0.1, 0.15) is 5.82 Å². The van der Waals surface area contributed by atoms with E-state index in [0.29, 0.717) is 11.1 Å². The first-order valence-electron chi connectivity index (χ1n) is 6.18. The first kappa shape index (κ1) is 12.8. The molecule has 0 spiro atoms. The first-order valence-corrected chi connectivity index (χ1v) is 6.56. The van der Waals surface area contributed by atoms with Crippen LogP contribution in [-0.2, 0) is 6.42 Å². The summed E-state index contributed by atoms with van der Waals surface area (Å²) in [6.07, 6.45) is 3.15. The maximum Gasteiger partial charge on any atom is 0.126 e. The van der Waals surface area contributed by atoms with Crippen molar-refractivity contribution in [1.29, 1.82) is 0 Å². The molecule has 1 aliphatic carbocycles. The normalized spacial score (nSPS) is 17.5. The molecule has 0 amide bonds. The minimum absolute atomic E-state index is 0.134. The van der Waals surface area contributed by atoms with Gasteiger partial charge < -0.3 is 5.32 Å². The van der Waals surface area contributed by atoms with Crippen molar-refractivity contribution in [2.45, 2.75) is 39.2 Å². The molecule has 0 bridgehead atoms. The number of nitrogens with one attached hydrogen (secondary N) is 1. The highest BCUT2D eigenvalue weighted by Gasteiger charge is 2.42. The lowest BCUT2D eigenvalue weighted by molar-refractivity contribution is 0.422. The highest BCUT2D eigenvalue weighted by molar-refractivity contribution is 6.30. The van der Waals surface area contributed by atoms with Gasteiger partial charge in [-0.1, -0.05) is 25.4 Å². The largest absolute Gasteiger partial charge is 0.314 e. The lowest BCUT2D eigenvalue weighted by atomic mass is 9.96. The molecule has 2 rings (SSSR count). The minimum atomic E-state index is -0.134. The van der Waals surface area contributed by atoms with Crippen LogP contribution in [0.3, 0.4) is 0 Å². The number of benzene rings is 1. The van der Waals surface area contributed by atoms with Crippen LogP contribution in [0.4, 0.5) is 4.39 Å². The Bertz CT molecular complexity index is 399. The van der Waals surface area contributed by atoms with Gasteiger partial charge in [-0.25, -0.2) is 4.39 Å². The molecule has 0 aromatic heterocycles. The molecule has 94 valence electrons. The molecule has 1 aliphatic rings. The quantitative estimate of drug-likeness (QED) is 0.844. The molecule has 1 fully saturated rings. The summed E-state index contributed by atoms with van der Waals surface area (Å²) >= 11 is 5.91. The van der Waals surface area contributed by atoms with Crippen LogP contribution in [0.25, 0.3) is 0 Å². The fraction of sp³-hybridized carbons (Fsp3) is 0.571. The monoisotopic (exact) mass is 255 g/mol. The maximum absolute atomic E-state index is 13.6. The number of halogens is 2. The van der Waals surface area contributed by atoms with E-state index in [4.69, 9.17) is 11.6 Å². The third kappa shape index (κ3) is 3.43. The maximum atomic E-state index is 13.6. The van der Waals surface area contributed by atoms with Gasteiger partial charge in [0.25, 0.3) is 0 Å². The predicted octanol–water partition coefficient (Wildman–Crippen LogP) is 3.80. The van der Waals surface area contributed by atoms with Gasteiger partial charge in [-0.15, -0.1) is 0 Å². The van der Waals surface area contributed by atoms with Crippen molar-refractivity contribution in [2.75, 3.05) is 6.54 Å². The van der Waals surface area contributed by atoms with E-state index in [1.165, 1.54) is 18.9 Å².